The first-order valence-electron chi connectivity index (χ1n) is 5.09. The molecule has 0 spiro atoms. The minimum absolute atomic E-state index is 0.550. The Bertz CT molecular complexity index is 479. The molecule has 4 nitrogen and oxygen atoms in total. The first kappa shape index (κ1) is 10.5. The number of hydrogen-bond donors (Lipinski definition) is 0. The summed E-state index contributed by atoms with van der Waals surface area (Å²) in [5.74, 6) is 0. The Hall–Kier alpha value is -2.02. The standard InChI is InChI=1S/C12H10N2O2/c15-8-13-12(14-9-16)7-3-5-10-4-1-2-6-11(10)12/h1-2,4,6H,3,5,7H2. The van der Waals surface area contributed by atoms with Crippen molar-refractivity contribution in [2.24, 2.45) is 9.98 Å². The van der Waals surface area contributed by atoms with Crippen molar-refractivity contribution in [3.63, 3.8) is 0 Å². The number of benzene rings is 1. The highest BCUT2D eigenvalue weighted by atomic mass is 16.1. The average molecular weight is 214 g/mol. The SMILES string of the molecule is O=C=NC1(N=C=O)CCCc2ccccc21. The van der Waals surface area contributed by atoms with Crippen LogP contribution < -0.4 is 0 Å². The summed E-state index contributed by atoms with van der Waals surface area (Å²) in [6.07, 6.45) is 5.32. The van der Waals surface area contributed by atoms with E-state index in [9.17, 15) is 9.59 Å². The molecule has 0 fully saturated rings. The number of fused-ring (bicyclic) bond motifs is 1. The third-order valence-corrected chi connectivity index (χ3v) is 2.88. The molecule has 2 rings (SSSR count). The quantitative estimate of drug-likeness (QED) is 0.557. The van der Waals surface area contributed by atoms with Crippen LogP contribution in [0.5, 0.6) is 0 Å². The molecule has 0 atom stereocenters. The fourth-order valence-electron chi connectivity index (χ4n) is 2.20. The van der Waals surface area contributed by atoms with Gasteiger partial charge in [0.25, 0.3) is 0 Å². The van der Waals surface area contributed by atoms with E-state index in [-0.39, 0.29) is 0 Å². The van der Waals surface area contributed by atoms with E-state index >= 15 is 0 Å². The summed E-state index contributed by atoms with van der Waals surface area (Å²) in [6.45, 7) is 0. The second-order valence-corrected chi connectivity index (χ2v) is 3.73. The van der Waals surface area contributed by atoms with Crippen LogP contribution >= 0.6 is 0 Å². The maximum Gasteiger partial charge on any atom is 0.237 e. The molecule has 0 saturated heterocycles. The number of rotatable bonds is 2. The van der Waals surface area contributed by atoms with Crippen LogP contribution in [0.3, 0.4) is 0 Å². The summed E-state index contributed by atoms with van der Waals surface area (Å²) in [5.41, 5.74) is 0.804. The highest BCUT2D eigenvalue weighted by molar-refractivity contribution is 5.46. The van der Waals surface area contributed by atoms with Crippen LogP contribution in [0.15, 0.2) is 34.3 Å². The van der Waals surface area contributed by atoms with E-state index in [0.29, 0.717) is 6.42 Å². The third-order valence-electron chi connectivity index (χ3n) is 2.88. The number of aryl methyl sites for hydroxylation is 1. The molecule has 1 aromatic rings. The van der Waals surface area contributed by atoms with E-state index in [4.69, 9.17) is 0 Å². The molecule has 0 unspecified atom stereocenters. The van der Waals surface area contributed by atoms with Crippen LogP contribution in [-0.4, -0.2) is 12.2 Å². The summed E-state index contributed by atoms with van der Waals surface area (Å²) in [6, 6.07) is 7.57. The predicted molar refractivity (Wildman–Crippen MR) is 57.3 cm³/mol. The second-order valence-electron chi connectivity index (χ2n) is 3.73. The summed E-state index contributed by atoms with van der Waals surface area (Å²) >= 11 is 0. The molecule has 0 amide bonds. The van der Waals surface area contributed by atoms with Crippen LogP contribution in [-0.2, 0) is 21.7 Å². The Morgan fingerprint density at radius 1 is 1.12 bits per heavy atom. The molecule has 0 saturated carbocycles. The fraction of sp³-hybridized carbons (Fsp3) is 0.333. The van der Waals surface area contributed by atoms with Crippen molar-refractivity contribution in [1.82, 2.24) is 0 Å². The maximum atomic E-state index is 10.5. The molecule has 0 aliphatic heterocycles. The first-order chi connectivity index (χ1) is 7.82. The zero-order valence-electron chi connectivity index (χ0n) is 8.64. The number of carbonyl (C=O) groups excluding carboxylic acids is 2. The van der Waals surface area contributed by atoms with Gasteiger partial charge in [-0.15, -0.1) is 0 Å². The fourth-order valence-corrected chi connectivity index (χ4v) is 2.20. The summed E-state index contributed by atoms with van der Waals surface area (Å²) in [5, 5.41) is 0. The molecule has 4 heteroatoms. The monoisotopic (exact) mass is 214 g/mol. The second kappa shape index (κ2) is 4.23. The van der Waals surface area contributed by atoms with Crippen LogP contribution in [0.4, 0.5) is 0 Å². The largest absolute Gasteiger partial charge is 0.237 e. The molecule has 0 bridgehead atoms. The summed E-state index contributed by atoms with van der Waals surface area (Å²) in [7, 11) is 0. The highest BCUT2D eigenvalue weighted by Crippen LogP contribution is 2.39. The Labute approximate surface area is 92.7 Å². The molecule has 0 heterocycles. The summed E-state index contributed by atoms with van der Waals surface area (Å²) in [4.78, 5) is 28.4. The van der Waals surface area contributed by atoms with Gasteiger partial charge in [0, 0.05) is 5.56 Å². The molecule has 0 aromatic heterocycles. The highest BCUT2D eigenvalue weighted by Gasteiger charge is 2.36. The Kier molecular flexibility index (Phi) is 2.78. The van der Waals surface area contributed by atoms with Gasteiger partial charge in [0.05, 0.1) is 0 Å². The molecular weight excluding hydrogens is 204 g/mol. The topological polar surface area (TPSA) is 58.9 Å². The van der Waals surface area contributed by atoms with E-state index in [2.05, 4.69) is 9.98 Å². The van der Waals surface area contributed by atoms with Gasteiger partial charge in [0.15, 0.2) is 5.66 Å². The third kappa shape index (κ3) is 1.61. The lowest BCUT2D eigenvalue weighted by atomic mass is 9.83. The number of hydrogen-bond acceptors (Lipinski definition) is 4. The molecule has 16 heavy (non-hydrogen) atoms. The van der Waals surface area contributed by atoms with Gasteiger partial charge >= 0.3 is 0 Å². The first-order valence-corrected chi connectivity index (χ1v) is 5.09. The van der Waals surface area contributed by atoms with Crippen LogP contribution in [0.25, 0.3) is 0 Å². The van der Waals surface area contributed by atoms with E-state index in [1.807, 2.05) is 24.3 Å². The Morgan fingerprint density at radius 3 is 2.50 bits per heavy atom. The van der Waals surface area contributed by atoms with Gasteiger partial charge in [0.1, 0.15) is 0 Å². The van der Waals surface area contributed by atoms with Crippen LogP contribution in [0.1, 0.15) is 24.0 Å². The molecule has 1 aliphatic carbocycles. The molecule has 80 valence electrons. The van der Waals surface area contributed by atoms with Gasteiger partial charge in [-0.1, -0.05) is 24.3 Å². The van der Waals surface area contributed by atoms with E-state index < -0.39 is 5.66 Å². The van der Waals surface area contributed by atoms with E-state index in [0.717, 1.165) is 24.0 Å². The van der Waals surface area contributed by atoms with Crippen LogP contribution in [0.2, 0.25) is 0 Å². The Balaban J connectivity index is 2.65. The molecule has 1 aromatic carbocycles. The van der Waals surface area contributed by atoms with Crippen molar-refractivity contribution in [2.45, 2.75) is 24.9 Å². The van der Waals surface area contributed by atoms with Crippen molar-refractivity contribution in [1.29, 1.82) is 0 Å². The smallest absolute Gasteiger partial charge is 0.211 e. The lowest BCUT2D eigenvalue weighted by molar-refractivity contribution is 0.386. The lowest BCUT2D eigenvalue weighted by Gasteiger charge is -2.29. The van der Waals surface area contributed by atoms with Crippen molar-refractivity contribution in [3.05, 3.63) is 35.4 Å². The number of nitrogens with zero attached hydrogens (tertiary/aromatic N) is 2. The van der Waals surface area contributed by atoms with Crippen molar-refractivity contribution in [2.75, 3.05) is 0 Å². The maximum absolute atomic E-state index is 10.5. The molecule has 1 aliphatic rings. The zero-order chi connectivity index (χ0) is 11.4. The predicted octanol–water partition coefficient (Wildman–Crippen LogP) is 1.85. The summed E-state index contributed by atoms with van der Waals surface area (Å²) < 4.78 is 0. The van der Waals surface area contributed by atoms with Crippen molar-refractivity contribution in [3.8, 4) is 0 Å². The minimum Gasteiger partial charge on any atom is -0.211 e. The van der Waals surface area contributed by atoms with E-state index in [1.165, 1.54) is 12.2 Å². The van der Waals surface area contributed by atoms with Crippen molar-refractivity contribution < 1.29 is 9.59 Å². The van der Waals surface area contributed by atoms with Crippen molar-refractivity contribution >= 4 is 12.2 Å². The molecule has 0 N–H and O–H groups in total. The van der Waals surface area contributed by atoms with Gasteiger partial charge < -0.3 is 0 Å². The Morgan fingerprint density at radius 2 is 1.81 bits per heavy atom. The van der Waals surface area contributed by atoms with Gasteiger partial charge in [-0.3, -0.25) is 0 Å². The average Bonchev–Trinajstić information content (AvgIpc) is 2.30. The number of aliphatic imine (C=N–C) groups is 2. The van der Waals surface area contributed by atoms with Gasteiger partial charge in [-0.05, 0) is 24.8 Å². The van der Waals surface area contributed by atoms with Gasteiger partial charge in [-0.25, -0.2) is 9.59 Å². The zero-order valence-corrected chi connectivity index (χ0v) is 8.64. The number of isocyanates is 2. The van der Waals surface area contributed by atoms with Gasteiger partial charge in [0.2, 0.25) is 12.2 Å². The molecular formula is C12H10N2O2. The van der Waals surface area contributed by atoms with Gasteiger partial charge in [-0.2, -0.15) is 9.98 Å². The molecule has 0 radical (unpaired) electrons. The lowest BCUT2D eigenvalue weighted by Crippen LogP contribution is -2.26. The minimum atomic E-state index is -1.08. The van der Waals surface area contributed by atoms with Crippen LogP contribution in [0, 0.1) is 0 Å². The normalized spacial score (nSPS) is 22.5. The van der Waals surface area contributed by atoms with E-state index in [1.54, 1.807) is 0 Å².